The summed E-state index contributed by atoms with van der Waals surface area (Å²) < 4.78 is 42.6. The molecular formula is C22H25FN4O3S. The Hall–Kier alpha value is -3.04. The minimum absolute atomic E-state index is 0.0677. The van der Waals surface area contributed by atoms with Crippen LogP contribution in [0.15, 0.2) is 65.8 Å². The fraction of sp³-hybridized carbons (Fsp3) is 0.273. The van der Waals surface area contributed by atoms with E-state index >= 15 is 0 Å². The van der Waals surface area contributed by atoms with Crippen LogP contribution in [0.1, 0.15) is 48.6 Å². The van der Waals surface area contributed by atoms with Crippen LogP contribution in [0.5, 0.6) is 0 Å². The fourth-order valence-corrected chi connectivity index (χ4v) is 4.49. The molecule has 0 aliphatic rings. The smallest absolute Gasteiger partial charge is 0.252 e. The van der Waals surface area contributed by atoms with Gasteiger partial charge in [-0.05, 0) is 62.7 Å². The summed E-state index contributed by atoms with van der Waals surface area (Å²) in [6, 6.07) is 10.9. The molecule has 1 amide bonds. The van der Waals surface area contributed by atoms with Gasteiger partial charge in [0.05, 0.1) is 4.90 Å². The van der Waals surface area contributed by atoms with Crippen molar-refractivity contribution in [1.82, 2.24) is 19.6 Å². The van der Waals surface area contributed by atoms with Crippen molar-refractivity contribution in [2.75, 3.05) is 0 Å². The number of aromatic nitrogens is 2. The van der Waals surface area contributed by atoms with Crippen molar-refractivity contribution in [3.8, 4) is 0 Å². The average Bonchev–Trinajstić information content (AvgIpc) is 3.10. The molecule has 0 aliphatic heterocycles. The molecule has 9 heteroatoms. The maximum atomic E-state index is 13.4. The van der Waals surface area contributed by atoms with Gasteiger partial charge in [0, 0.05) is 30.5 Å². The first-order valence-electron chi connectivity index (χ1n) is 9.64. The van der Waals surface area contributed by atoms with Crippen LogP contribution in [0.3, 0.4) is 0 Å². The second-order valence-corrected chi connectivity index (χ2v) is 9.92. The van der Waals surface area contributed by atoms with Crippen LogP contribution in [0.4, 0.5) is 4.39 Å². The molecule has 0 spiro atoms. The van der Waals surface area contributed by atoms with Crippen LogP contribution in [-0.4, -0.2) is 29.4 Å². The molecule has 31 heavy (non-hydrogen) atoms. The number of nitrogens with zero attached hydrogens (tertiary/aromatic N) is 2. The molecule has 2 aromatic carbocycles. The number of hydrogen-bond donors (Lipinski definition) is 2. The largest absolute Gasteiger partial charge is 0.338 e. The van der Waals surface area contributed by atoms with Gasteiger partial charge in [0.25, 0.3) is 5.91 Å². The lowest BCUT2D eigenvalue weighted by molar-refractivity contribution is 0.0941. The zero-order chi connectivity index (χ0) is 22.8. The molecular weight excluding hydrogens is 419 g/mol. The summed E-state index contributed by atoms with van der Waals surface area (Å²) in [5, 5.41) is 2.90. The van der Waals surface area contributed by atoms with Crippen molar-refractivity contribution < 1.29 is 17.6 Å². The third-order valence-electron chi connectivity index (χ3n) is 4.46. The number of aryl methyl sites for hydroxylation is 1. The molecule has 0 radical (unpaired) electrons. The predicted octanol–water partition coefficient (Wildman–Crippen LogP) is 3.16. The van der Waals surface area contributed by atoms with Crippen LogP contribution in [0.25, 0.3) is 0 Å². The minimum Gasteiger partial charge on any atom is -0.338 e. The molecule has 3 rings (SSSR count). The van der Waals surface area contributed by atoms with E-state index in [0.717, 1.165) is 0 Å². The van der Waals surface area contributed by atoms with Crippen molar-refractivity contribution in [3.63, 3.8) is 0 Å². The summed E-state index contributed by atoms with van der Waals surface area (Å²) in [5.41, 5.74) is 0.327. The van der Waals surface area contributed by atoms with Gasteiger partial charge < -0.3 is 9.88 Å². The molecule has 1 heterocycles. The molecule has 0 aliphatic carbocycles. The molecule has 0 saturated heterocycles. The van der Waals surface area contributed by atoms with E-state index in [1.807, 2.05) is 0 Å². The van der Waals surface area contributed by atoms with Crippen LogP contribution in [0, 0.1) is 5.82 Å². The van der Waals surface area contributed by atoms with E-state index in [9.17, 15) is 17.6 Å². The number of carbonyl (C=O) groups excluding carboxylic acids is 1. The number of imidazole rings is 1. The molecule has 0 saturated carbocycles. The van der Waals surface area contributed by atoms with Gasteiger partial charge >= 0.3 is 0 Å². The van der Waals surface area contributed by atoms with E-state index in [4.69, 9.17) is 0 Å². The zero-order valence-electron chi connectivity index (χ0n) is 17.8. The molecule has 0 bridgehead atoms. The number of nitrogens with one attached hydrogen (secondary N) is 2. The first kappa shape index (κ1) is 22.6. The minimum atomic E-state index is -3.70. The van der Waals surface area contributed by atoms with Gasteiger partial charge in [0.15, 0.2) is 0 Å². The van der Waals surface area contributed by atoms with Gasteiger partial charge in [-0.25, -0.2) is 22.5 Å². The van der Waals surface area contributed by atoms with Gasteiger partial charge in [0.1, 0.15) is 17.7 Å². The first-order chi connectivity index (χ1) is 14.5. The summed E-state index contributed by atoms with van der Waals surface area (Å²) in [5.74, 6) is -0.215. The number of rotatable bonds is 6. The molecule has 1 atom stereocenters. The number of sulfonamides is 1. The van der Waals surface area contributed by atoms with Crippen molar-refractivity contribution >= 4 is 15.9 Å². The Bertz CT molecular complexity index is 1160. The molecule has 1 aromatic heterocycles. The van der Waals surface area contributed by atoms with E-state index < -0.39 is 27.5 Å². The molecule has 0 fully saturated rings. The maximum absolute atomic E-state index is 13.4. The normalized spacial score (nSPS) is 13.1. The van der Waals surface area contributed by atoms with E-state index in [1.165, 1.54) is 36.4 Å². The van der Waals surface area contributed by atoms with Crippen LogP contribution in [0.2, 0.25) is 0 Å². The number of carbonyl (C=O) groups is 1. The molecule has 7 nitrogen and oxygen atoms in total. The first-order valence-corrected chi connectivity index (χ1v) is 11.1. The summed E-state index contributed by atoms with van der Waals surface area (Å²) in [4.78, 5) is 17.3. The number of hydrogen-bond acceptors (Lipinski definition) is 4. The Kier molecular flexibility index (Phi) is 6.28. The van der Waals surface area contributed by atoms with Crippen LogP contribution >= 0.6 is 0 Å². The van der Waals surface area contributed by atoms with Gasteiger partial charge in [-0.3, -0.25) is 4.79 Å². The van der Waals surface area contributed by atoms with Gasteiger partial charge in [-0.2, -0.15) is 0 Å². The second-order valence-electron chi connectivity index (χ2n) is 8.23. The third kappa shape index (κ3) is 5.56. The Morgan fingerprint density at radius 2 is 1.68 bits per heavy atom. The SMILES string of the molecule is Cn1ccnc1C(NC(=O)c1ccc(S(=O)(=O)NC(C)(C)C)cc1)c1ccc(F)cc1. The van der Waals surface area contributed by atoms with Crippen LogP contribution in [-0.2, 0) is 17.1 Å². The number of halogens is 1. The van der Waals surface area contributed by atoms with Gasteiger partial charge in [-0.1, -0.05) is 12.1 Å². The number of benzene rings is 2. The summed E-state index contributed by atoms with van der Waals surface area (Å²) >= 11 is 0. The Labute approximate surface area is 181 Å². The van der Waals surface area contributed by atoms with E-state index in [2.05, 4.69) is 15.0 Å². The number of amides is 1. The van der Waals surface area contributed by atoms with Gasteiger partial charge in [0.2, 0.25) is 10.0 Å². The fourth-order valence-electron chi connectivity index (χ4n) is 3.07. The highest BCUT2D eigenvalue weighted by molar-refractivity contribution is 7.89. The predicted molar refractivity (Wildman–Crippen MR) is 115 cm³/mol. The Morgan fingerprint density at radius 3 is 2.19 bits per heavy atom. The molecule has 164 valence electrons. The quantitative estimate of drug-likeness (QED) is 0.611. The highest BCUT2D eigenvalue weighted by Gasteiger charge is 2.24. The zero-order valence-corrected chi connectivity index (χ0v) is 18.6. The highest BCUT2D eigenvalue weighted by atomic mass is 32.2. The lowest BCUT2D eigenvalue weighted by atomic mass is 10.1. The molecule has 2 N–H and O–H groups in total. The van der Waals surface area contributed by atoms with Crippen LogP contribution < -0.4 is 10.0 Å². The topological polar surface area (TPSA) is 93.1 Å². The third-order valence-corrected chi connectivity index (χ3v) is 6.24. The van der Waals surface area contributed by atoms with Gasteiger partial charge in [-0.15, -0.1) is 0 Å². The second kappa shape index (κ2) is 8.60. The maximum Gasteiger partial charge on any atom is 0.252 e. The lowest BCUT2D eigenvalue weighted by Gasteiger charge is -2.21. The summed E-state index contributed by atoms with van der Waals surface area (Å²) in [6.07, 6.45) is 3.36. The standard InChI is InChI=1S/C22H25FN4O3S/c1-22(2,3)26-31(29,30)18-11-7-16(8-12-18)21(28)25-19(20-24-13-14-27(20)4)15-5-9-17(23)10-6-15/h5-14,19,26H,1-4H3,(H,25,28). The molecule has 3 aromatic rings. The Balaban J connectivity index is 1.85. The van der Waals surface area contributed by atoms with Crippen molar-refractivity contribution in [2.45, 2.75) is 37.2 Å². The van der Waals surface area contributed by atoms with Crippen molar-refractivity contribution in [3.05, 3.63) is 83.7 Å². The summed E-state index contributed by atoms with van der Waals surface area (Å²) in [7, 11) is -1.90. The van der Waals surface area contributed by atoms with Crippen molar-refractivity contribution in [1.29, 1.82) is 0 Å². The monoisotopic (exact) mass is 444 g/mol. The summed E-state index contributed by atoms with van der Waals surface area (Å²) in [6.45, 7) is 5.25. The average molecular weight is 445 g/mol. The van der Waals surface area contributed by atoms with Crippen molar-refractivity contribution in [2.24, 2.45) is 7.05 Å². The molecule has 1 unspecified atom stereocenters. The lowest BCUT2D eigenvalue weighted by Crippen LogP contribution is -2.40. The van der Waals surface area contributed by atoms with E-state index in [0.29, 0.717) is 11.4 Å². The van der Waals surface area contributed by atoms with E-state index in [1.54, 1.807) is 56.9 Å². The highest BCUT2D eigenvalue weighted by Crippen LogP contribution is 2.22. The van der Waals surface area contributed by atoms with E-state index in [-0.39, 0.29) is 16.3 Å². The Morgan fingerprint density at radius 1 is 1.06 bits per heavy atom.